The first-order valence-corrected chi connectivity index (χ1v) is 8.01. The highest BCUT2D eigenvalue weighted by molar-refractivity contribution is 9.10. The molecule has 0 saturated heterocycles. The second-order valence-corrected chi connectivity index (χ2v) is 6.07. The van der Waals surface area contributed by atoms with Crippen molar-refractivity contribution in [1.82, 2.24) is 9.55 Å². The van der Waals surface area contributed by atoms with Gasteiger partial charge in [0.05, 0.1) is 18.0 Å². The SMILES string of the molecule is N#Cc1ccc(NCc2cccc(Cn3ccnc3)c2)c(Br)c1. The molecule has 0 radical (unpaired) electrons. The third-order valence-electron chi connectivity index (χ3n) is 3.50. The molecule has 4 nitrogen and oxygen atoms in total. The lowest BCUT2D eigenvalue weighted by atomic mass is 10.1. The van der Waals surface area contributed by atoms with Crippen molar-refractivity contribution in [3.05, 3.63) is 82.3 Å². The summed E-state index contributed by atoms with van der Waals surface area (Å²) >= 11 is 3.49. The predicted octanol–water partition coefficient (Wildman–Crippen LogP) is 4.18. The number of benzene rings is 2. The highest BCUT2D eigenvalue weighted by Crippen LogP contribution is 2.24. The number of hydrogen-bond donors (Lipinski definition) is 1. The Morgan fingerprint density at radius 1 is 1.17 bits per heavy atom. The standard InChI is InChI=1S/C18H15BrN4/c19-17-9-14(10-20)4-5-18(17)22-11-15-2-1-3-16(8-15)12-23-7-6-21-13-23/h1-9,13,22H,11-12H2. The number of rotatable bonds is 5. The average molecular weight is 367 g/mol. The van der Waals surface area contributed by atoms with Crippen molar-refractivity contribution in [1.29, 1.82) is 5.26 Å². The minimum atomic E-state index is 0.643. The molecule has 0 aliphatic rings. The first-order chi connectivity index (χ1) is 11.2. The Morgan fingerprint density at radius 2 is 2.04 bits per heavy atom. The van der Waals surface area contributed by atoms with E-state index in [1.165, 1.54) is 11.1 Å². The van der Waals surface area contributed by atoms with Crippen molar-refractivity contribution in [2.45, 2.75) is 13.1 Å². The Labute approximate surface area is 143 Å². The van der Waals surface area contributed by atoms with Crippen LogP contribution < -0.4 is 5.32 Å². The lowest BCUT2D eigenvalue weighted by Crippen LogP contribution is -2.02. The van der Waals surface area contributed by atoms with E-state index in [1.807, 2.05) is 35.3 Å². The molecule has 0 unspecified atom stereocenters. The Kier molecular flexibility index (Phi) is 4.74. The van der Waals surface area contributed by atoms with E-state index < -0.39 is 0 Å². The molecule has 0 fully saturated rings. The first-order valence-electron chi connectivity index (χ1n) is 7.22. The van der Waals surface area contributed by atoms with Gasteiger partial charge >= 0.3 is 0 Å². The minimum absolute atomic E-state index is 0.643. The van der Waals surface area contributed by atoms with Gasteiger partial charge in [0, 0.05) is 35.6 Å². The molecule has 0 amide bonds. The zero-order valence-electron chi connectivity index (χ0n) is 12.4. The second kappa shape index (κ2) is 7.12. The number of aromatic nitrogens is 2. The summed E-state index contributed by atoms with van der Waals surface area (Å²) < 4.78 is 2.94. The number of nitrogens with one attached hydrogen (secondary N) is 1. The number of anilines is 1. The average Bonchev–Trinajstić information content (AvgIpc) is 3.07. The number of nitriles is 1. The van der Waals surface area contributed by atoms with Crippen LogP contribution in [0.2, 0.25) is 0 Å². The van der Waals surface area contributed by atoms with Gasteiger partial charge in [-0.25, -0.2) is 4.98 Å². The molecule has 1 heterocycles. The molecule has 0 saturated carbocycles. The molecule has 0 bridgehead atoms. The lowest BCUT2D eigenvalue weighted by molar-refractivity contribution is 0.796. The fourth-order valence-electron chi connectivity index (χ4n) is 2.35. The fraction of sp³-hybridized carbons (Fsp3) is 0.111. The van der Waals surface area contributed by atoms with Crippen LogP contribution in [0.3, 0.4) is 0 Å². The molecule has 0 aliphatic heterocycles. The number of halogens is 1. The van der Waals surface area contributed by atoms with Crippen molar-refractivity contribution in [2.24, 2.45) is 0 Å². The third kappa shape index (κ3) is 3.99. The van der Waals surface area contributed by atoms with Crippen molar-refractivity contribution in [3.63, 3.8) is 0 Å². The van der Waals surface area contributed by atoms with Crippen LogP contribution >= 0.6 is 15.9 Å². The molecule has 5 heteroatoms. The van der Waals surface area contributed by atoms with Crippen LogP contribution in [0.25, 0.3) is 0 Å². The summed E-state index contributed by atoms with van der Waals surface area (Å²) in [6, 6.07) is 16.1. The zero-order valence-corrected chi connectivity index (χ0v) is 14.0. The van der Waals surface area contributed by atoms with Crippen LogP contribution in [0, 0.1) is 11.3 Å². The van der Waals surface area contributed by atoms with Crippen LogP contribution in [0.4, 0.5) is 5.69 Å². The molecule has 23 heavy (non-hydrogen) atoms. The molecule has 1 N–H and O–H groups in total. The maximum absolute atomic E-state index is 8.90. The van der Waals surface area contributed by atoms with Crippen LogP contribution in [0.5, 0.6) is 0 Å². The van der Waals surface area contributed by atoms with Crippen LogP contribution in [0.15, 0.2) is 65.7 Å². The van der Waals surface area contributed by atoms with E-state index in [0.717, 1.165) is 23.2 Å². The molecule has 114 valence electrons. The van der Waals surface area contributed by atoms with E-state index in [-0.39, 0.29) is 0 Å². The van der Waals surface area contributed by atoms with Crippen LogP contribution in [-0.2, 0) is 13.1 Å². The Morgan fingerprint density at radius 3 is 2.78 bits per heavy atom. The zero-order chi connectivity index (χ0) is 16.1. The monoisotopic (exact) mass is 366 g/mol. The summed E-state index contributed by atoms with van der Waals surface area (Å²) in [5, 5.41) is 12.3. The highest BCUT2D eigenvalue weighted by Gasteiger charge is 2.02. The van der Waals surface area contributed by atoms with E-state index in [0.29, 0.717) is 5.56 Å². The summed E-state index contributed by atoms with van der Waals surface area (Å²) in [7, 11) is 0. The van der Waals surface area contributed by atoms with E-state index in [4.69, 9.17) is 5.26 Å². The quantitative estimate of drug-likeness (QED) is 0.736. The maximum atomic E-state index is 8.90. The molecule has 0 spiro atoms. The fourth-order valence-corrected chi connectivity index (χ4v) is 2.87. The van der Waals surface area contributed by atoms with Gasteiger partial charge in [0.15, 0.2) is 0 Å². The Bertz CT molecular complexity index is 834. The van der Waals surface area contributed by atoms with Gasteiger partial charge in [0.2, 0.25) is 0 Å². The molecular weight excluding hydrogens is 352 g/mol. The van der Waals surface area contributed by atoms with Gasteiger partial charge < -0.3 is 9.88 Å². The maximum Gasteiger partial charge on any atom is 0.0992 e. The number of imidazole rings is 1. The predicted molar refractivity (Wildman–Crippen MR) is 94.0 cm³/mol. The summed E-state index contributed by atoms with van der Waals surface area (Å²) in [5.74, 6) is 0. The summed E-state index contributed by atoms with van der Waals surface area (Å²) in [6.45, 7) is 1.54. The molecule has 1 aromatic heterocycles. The topological polar surface area (TPSA) is 53.6 Å². The number of hydrogen-bond acceptors (Lipinski definition) is 3. The molecule has 2 aromatic carbocycles. The van der Waals surface area contributed by atoms with Crippen molar-refractivity contribution in [2.75, 3.05) is 5.32 Å². The van der Waals surface area contributed by atoms with Gasteiger partial charge in [0.1, 0.15) is 0 Å². The molecule has 0 atom stereocenters. The van der Waals surface area contributed by atoms with Gasteiger partial charge in [-0.05, 0) is 45.3 Å². The third-order valence-corrected chi connectivity index (χ3v) is 4.15. The van der Waals surface area contributed by atoms with E-state index in [2.05, 4.69) is 56.6 Å². The van der Waals surface area contributed by atoms with E-state index in [1.54, 1.807) is 6.20 Å². The first kappa shape index (κ1) is 15.3. The minimum Gasteiger partial charge on any atom is -0.380 e. The normalized spacial score (nSPS) is 10.3. The van der Waals surface area contributed by atoms with Gasteiger partial charge in [-0.1, -0.05) is 24.3 Å². The largest absolute Gasteiger partial charge is 0.380 e. The van der Waals surface area contributed by atoms with Gasteiger partial charge in [-0.2, -0.15) is 5.26 Å². The highest BCUT2D eigenvalue weighted by atomic mass is 79.9. The van der Waals surface area contributed by atoms with Gasteiger partial charge in [-0.3, -0.25) is 0 Å². The van der Waals surface area contributed by atoms with E-state index in [9.17, 15) is 0 Å². The molecular formula is C18H15BrN4. The van der Waals surface area contributed by atoms with Crippen LogP contribution in [0.1, 0.15) is 16.7 Å². The van der Waals surface area contributed by atoms with Crippen molar-refractivity contribution < 1.29 is 0 Å². The van der Waals surface area contributed by atoms with Crippen molar-refractivity contribution >= 4 is 21.6 Å². The van der Waals surface area contributed by atoms with Gasteiger partial charge in [0.25, 0.3) is 0 Å². The number of nitrogens with zero attached hydrogens (tertiary/aromatic N) is 3. The second-order valence-electron chi connectivity index (χ2n) is 5.21. The van der Waals surface area contributed by atoms with Crippen LogP contribution in [-0.4, -0.2) is 9.55 Å². The molecule has 3 rings (SSSR count). The summed E-state index contributed by atoms with van der Waals surface area (Å²) in [6.07, 6.45) is 5.56. The summed E-state index contributed by atoms with van der Waals surface area (Å²) in [5.41, 5.74) is 4.06. The lowest BCUT2D eigenvalue weighted by Gasteiger charge is -2.10. The summed E-state index contributed by atoms with van der Waals surface area (Å²) in [4.78, 5) is 4.06. The Hall–Kier alpha value is -2.58. The van der Waals surface area contributed by atoms with Gasteiger partial charge in [-0.15, -0.1) is 0 Å². The molecule has 0 aliphatic carbocycles. The van der Waals surface area contributed by atoms with Crippen molar-refractivity contribution in [3.8, 4) is 6.07 Å². The molecule has 3 aromatic rings. The van der Waals surface area contributed by atoms with E-state index >= 15 is 0 Å². The Balaban J connectivity index is 1.68. The smallest absolute Gasteiger partial charge is 0.0992 e.